The van der Waals surface area contributed by atoms with Gasteiger partial charge in [0.2, 0.25) is 0 Å². The molecule has 31 heavy (non-hydrogen) atoms. The average molecular weight is 504 g/mol. The molecule has 8 heteroatoms. The van der Waals surface area contributed by atoms with Gasteiger partial charge in [-0.2, -0.15) is 0 Å². The molecule has 2 N–H and O–H groups in total. The first-order valence-corrected chi connectivity index (χ1v) is 11.6. The average Bonchev–Trinajstić information content (AvgIpc) is 2.78. The van der Waals surface area contributed by atoms with E-state index >= 15 is 0 Å². The molecule has 1 saturated heterocycles. The fourth-order valence-electron chi connectivity index (χ4n) is 3.35. The van der Waals surface area contributed by atoms with E-state index < -0.39 is 0 Å². The zero-order valence-corrected chi connectivity index (χ0v) is 19.9. The summed E-state index contributed by atoms with van der Waals surface area (Å²) in [5, 5.41) is 5.81. The van der Waals surface area contributed by atoms with Crippen LogP contribution in [0.1, 0.15) is 53.3 Å². The molecule has 3 rings (SSSR count). The van der Waals surface area contributed by atoms with Gasteiger partial charge in [-0.25, -0.2) is 0 Å². The normalized spacial score (nSPS) is 13.4. The van der Waals surface area contributed by atoms with Crippen LogP contribution in [0, 0.1) is 0 Å². The van der Waals surface area contributed by atoms with Crippen molar-refractivity contribution in [1.82, 2.24) is 10.2 Å². The van der Waals surface area contributed by atoms with Gasteiger partial charge in [0.25, 0.3) is 11.8 Å². The van der Waals surface area contributed by atoms with Crippen LogP contribution in [-0.4, -0.2) is 41.5 Å². The topological polar surface area (TPSA) is 70.7 Å². The van der Waals surface area contributed by atoms with Crippen molar-refractivity contribution in [3.05, 3.63) is 58.1 Å². The first kappa shape index (κ1) is 23.2. The zero-order valence-electron chi connectivity index (χ0n) is 17.4. The molecule has 6 nitrogen and oxygen atoms in total. The van der Waals surface area contributed by atoms with Gasteiger partial charge < -0.3 is 15.0 Å². The molecule has 2 aromatic rings. The van der Waals surface area contributed by atoms with Crippen LogP contribution in [0.15, 0.2) is 46.9 Å². The van der Waals surface area contributed by atoms with Crippen molar-refractivity contribution < 1.29 is 14.3 Å². The van der Waals surface area contributed by atoms with Crippen molar-refractivity contribution in [1.29, 1.82) is 0 Å². The lowest BCUT2D eigenvalue weighted by Crippen LogP contribution is -2.37. The fourth-order valence-corrected chi connectivity index (χ4v) is 4.04. The molecule has 0 spiro atoms. The van der Waals surface area contributed by atoms with E-state index in [4.69, 9.17) is 17.0 Å². The highest BCUT2D eigenvalue weighted by atomic mass is 79.9. The van der Waals surface area contributed by atoms with Gasteiger partial charge in [-0.3, -0.25) is 14.9 Å². The summed E-state index contributed by atoms with van der Waals surface area (Å²) < 4.78 is 6.31. The monoisotopic (exact) mass is 503 g/mol. The van der Waals surface area contributed by atoms with E-state index in [0.717, 1.165) is 38.8 Å². The maximum absolute atomic E-state index is 12.9. The lowest BCUT2D eigenvalue weighted by atomic mass is 10.1. The predicted molar refractivity (Wildman–Crippen MR) is 130 cm³/mol. The quantitative estimate of drug-likeness (QED) is 0.543. The molecule has 1 aliphatic heterocycles. The van der Waals surface area contributed by atoms with Crippen molar-refractivity contribution in [3.63, 3.8) is 0 Å². The number of hydrogen-bond donors (Lipinski definition) is 2. The summed E-state index contributed by atoms with van der Waals surface area (Å²) in [6.07, 6.45) is 4.10. The van der Waals surface area contributed by atoms with E-state index in [9.17, 15) is 9.59 Å². The molecule has 164 valence electrons. The van der Waals surface area contributed by atoms with Crippen LogP contribution in [0.5, 0.6) is 5.75 Å². The number of piperidine rings is 1. The number of rotatable bonds is 6. The zero-order chi connectivity index (χ0) is 22.2. The standard InChI is InChI=1S/C23H26BrN3O3S/c1-2-14-30-20-11-10-16(15-18(20)24)21(28)26-23(31)25-19-9-5-4-8-17(19)22(29)27-12-6-3-7-13-27/h4-5,8-11,15H,2-3,6-7,12-14H2,1H3,(H2,25,26,28,31). The molecular weight excluding hydrogens is 478 g/mol. The highest BCUT2D eigenvalue weighted by molar-refractivity contribution is 9.10. The second kappa shape index (κ2) is 11.2. The Kier molecular flexibility index (Phi) is 8.43. The molecule has 0 unspecified atom stereocenters. The van der Waals surface area contributed by atoms with Crippen LogP contribution >= 0.6 is 28.1 Å². The first-order chi connectivity index (χ1) is 15.0. The number of nitrogens with zero attached hydrogens (tertiary/aromatic N) is 1. The van der Waals surface area contributed by atoms with Crippen molar-refractivity contribution in [2.24, 2.45) is 0 Å². The number of carbonyl (C=O) groups is 2. The third-order valence-electron chi connectivity index (χ3n) is 4.93. The van der Waals surface area contributed by atoms with Crippen molar-refractivity contribution in [2.75, 3.05) is 25.0 Å². The van der Waals surface area contributed by atoms with E-state index in [1.54, 1.807) is 30.3 Å². The lowest BCUT2D eigenvalue weighted by molar-refractivity contribution is 0.0725. The molecule has 0 bridgehead atoms. The van der Waals surface area contributed by atoms with E-state index in [1.165, 1.54) is 0 Å². The van der Waals surface area contributed by atoms with Crippen molar-refractivity contribution in [2.45, 2.75) is 32.6 Å². The summed E-state index contributed by atoms with van der Waals surface area (Å²) in [6, 6.07) is 12.3. The maximum atomic E-state index is 12.9. The summed E-state index contributed by atoms with van der Waals surface area (Å²) in [5.74, 6) is 0.313. The number of nitrogens with one attached hydrogen (secondary N) is 2. The Labute approximate surface area is 196 Å². The minimum Gasteiger partial charge on any atom is -0.492 e. The highest BCUT2D eigenvalue weighted by Crippen LogP contribution is 2.26. The molecule has 0 aliphatic carbocycles. The first-order valence-electron chi connectivity index (χ1n) is 10.4. The minimum absolute atomic E-state index is 0.0245. The largest absolute Gasteiger partial charge is 0.492 e. The number of ether oxygens (including phenoxy) is 1. The van der Waals surface area contributed by atoms with Gasteiger partial charge in [0, 0.05) is 18.7 Å². The number of para-hydroxylation sites is 1. The Morgan fingerprint density at radius 1 is 1.13 bits per heavy atom. The molecule has 0 atom stereocenters. The summed E-state index contributed by atoms with van der Waals surface area (Å²) in [5.41, 5.74) is 1.56. The number of amides is 2. The van der Waals surface area contributed by atoms with Gasteiger partial charge >= 0.3 is 0 Å². The maximum Gasteiger partial charge on any atom is 0.257 e. The molecule has 1 heterocycles. The van der Waals surface area contributed by atoms with Crippen LogP contribution in [-0.2, 0) is 0 Å². The second-order valence-electron chi connectivity index (χ2n) is 7.30. The van der Waals surface area contributed by atoms with Gasteiger partial charge in [-0.1, -0.05) is 19.1 Å². The van der Waals surface area contributed by atoms with Gasteiger partial charge in [0.15, 0.2) is 5.11 Å². The van der Waals surface area contributed by atoms with Crippen LogP contribution < -0.4 is 15.4 Å². The molecule has 0 radical (unpaired) electrons. The molecule has 1 fully saturated rings. The molecule has 1 aliphatic rings. The summed E-state index contributed by atoms with van der Waals surface area (Å²) >= 11 is 8.76. The number of likely N-dealkylation sites (tertiary alicyclic amines) is 1. The van der Waals surface area contributed by atoms with Gasteiger partial charge in [0.1, 0.15) is 5.75 Å². The van der Waals surface area contributed by atoms with E-state index in [0.29, 0.717) is 33.6 Å². The smallest absolute Gasteiger partial charge is 0.257 e. The van der Waals surface area contributed by atoms with Crippen molar-refractivity contribution in [3.8, 4) is 5.75 Å². The summed E-state index contributed by atoms with van der Waals surface area (Å²) in [7, 11) is 0. The summed E-state index contributed by atoms with van der Waals surface area (Å²) in [6.45, 7) is 4.16. The SMILES string of the molecule is CCCOc1ccc(C(=O)NC(=S)Nc2ccccc2C(=O)N2CCCCC2)cc1Br. The van der Waals surface area contributed by atoms with E-state index in [-0.39, 0.29) is 16.9 Å². The molecule has 2 amide bonds. The Bertz CT molecular complexity index is 961. The molecule has 0 saturated carbocycles. The minimum atomic E-state index is -0.347. The Morgan fingerprint density at radius 3 is 2.58 bits per heavy atom. The molecular formula is C23H26BrN3O3S. The second-order valence-corrected chi connectivity index (χ2v) is 8.56. The van der Waals surface area contributed by atoms with Crippen LogP contribution in [0.3, 0.4) is 0 Å². The number of carbonyl (C=O) groups excluding carboxylic acids is 2. The number of thiocarbonyl (C=S) groups is 1. The Hall–Kier alpha value is -2.45. The van der Waals surface area contributed by atoms with E-state index in [2.05, 4.69) is 26.6 Å². The molecule has 2 aromatic carbocycles. The predicted octanol–water partition coefficient (Wildman–Crippen LogP) is 4.99. The van der Waals surface area contributed by atoms with Crippen LogP contribution in [0.2, 0.25) is 0 Å². The molecule has 0 aromatic heterocycles. The van der Waals surface area contributed by atoms with Gasteiger partial charge in [-0.15, -0.1) is 0 Å². The highest BCUT2D eigenvalue weighted by Gasteiger charge is 2.21. The number of anilines is 1. The van der Waals surface area contributed by atoms with Crippen LogP contribution in [0.4, 0.5) is 5.69 Å². The Balaban J connectivity index is 1.65. The third kappa shape index (κ3) is 6.27. The van der Waals surface area contributed by atoms with E-state index in [1.807, 2.05) is 24.0 Å². The van der Waals surface area contributed by atoms with Gasteiger partial charge in [0.05, 0.1) is 22.3 Å². The number of benzene rings is 2. The third-order valence-corrected chi connectivity index (χ3v) is 5.76. The number of halogens is 1. The summed E-state index contributed by atoms with van der Waals surface area (Å²) in [4.78, 5) is 27.4. The fraction of sp³-hybridized carbons (Fsp3) is 0.348. The lowest BCUT2D eigenvalue weighted by Gasteiger charge is -2.27. The number of hydrogen-bond acceptors (Lipinski definition) is 4. The van der Waals surface area contributed by atoms with Crippen molar-refractivity contribution >= 4 is 50.8 Å². The Morgan fingerprint density at radius 2 is 1.87 bits per heavy atom. The van der Waals surface area contributed by atoms with Crippen LogP contribution in [0.25, 0.3) is 0 Å². The van der Waals surface area contributed by atoms with Gasteiger partial charge in [-0.05, 0) is 84.2 Å².